The Kier molecular flexibility index (Phi) is 3.80. The number of hydrogen-bond acceptors (Lipinski definition) is 4. The van der Waals surface area contributed by atoms with Gasteiger partial charge >= 0.3 is 5.69 Å². The quantitative estimate of drug-likeness (QED) is 0.697. The minimum absolute atomic E-state index is 0.269. The molecule has 0 amide bonds. The highest BCUT2D eigenvalue weighted by molar-refractivity contribution is 5.71. The van der Waals surface area contributed by atoms with Crippen molar-refractivity contribution in [2.75, 3.05) is 13.1 Å². The minimum Gasteiger partial charge on any atom is -0.320 e. The SMILES string of the molecule is Cn1c(=O)c2c(nc3n2CCN(CCc2ccccc2)C3)n(C)c1=O. The van der Waals surface area contributed by atoms with E-state index in [1.165, 1.54) is 17.2 Å². The summed E-state index contributed by atoms with van der Waals surface area (Å²) in [6.45, 7) is 3.23. The second-order valence-electron chi connectivity index (χ2n) is 6.57. The van der Waals surface area contributed by atoms with Gasteiger partial charge in [0, 0.05) is 33.7 Å². The van der Waals surface area contributed by atoms with Gasteiger partial charge < -0.3 is 4.57 Å². The number of benzene rings is 1. The van der Waals surface area contributed by atoms with Gasteiger partial charge in [-0.3, -0.25) is 18.8 Å². The Bertz CT molecular complexity index is 1050. The van der Waals surface area contributed by atoms with Gasteiger partial charge in [-0.2, -0.15) is 0 Å². The van der Waals surface area contributed by atoms with Gasteiger partial charge in [0.15, 0.2) is 11.2 Å². The van der Waals surface area contributed by atoms with Crippen LogP contribution in [0.4, 0.5) is 0 Å². The fourth-order valence-corrected chi connectivity index (χ4v) is 3.50. The van der Waals surface area contributed by atoms with Gasteiger partial charge in [0.2, 0.25) is 0 Å². The van der Waals surface area contributed by atoms with Crippen LogP contribution in [-0.4, -0.2) is 36.7 Å². The molecule has 0 aliphatic carbocycles. The van der Waals surface area contributed by atoms with E-state index in [1.807, 2.05) is 10.6 Å². The number of hydrogen-bond donors (Lipinski definition) is 0. The molecule has 3 aromatic rings. The van der Waals surface area contributed by atoms with Crippen molar-refractivity contribution in [2.24, 2.45) is 14.1 Å². The Morgan fingerprint density at radius 1 is 1.04 bits per heavy atom. The van der Waals surface area contributed by atoms with Gasteiger partial charge in [-0.25, -0.2) is 9.78 Å². The van der Waals surface area contributed by atoms with Crippen LogP contribution in [0.2, 0.25) is 0 Å². The second-order valence-corrected chi connectivity index (χ2v) is 6.57. The van der Waals surface area contributed by atoms with Gasteiger partial charge in [-0.1, -0.05) is 30.3 Å². The first-order valence-corrected chi connectivity index (χ1v) is 8.47. The van der Waals surface area contributed by atoms with E-state index in [0.717, 1.165) is 29.9 Å². The normalized spacial score (nSPS) is 14.8. The third-order valence-electron chi connectivity index (χ3n) is 4.99. The summed E-state index contributed by atoms with van der Waals surface area (Å²) in [4.78, 5) is 31.5. The summed E-state index contributed by atoms with van der Waals surface area (Å²) < 4.78 is 4.57. The summed E-state index contributed by atoms with van der Waals surface area (Å²) in [5, 5.41) is 0. The smallest absolute Gasteiger partial charge is 0.320 e. The summed E-state index contributed by atoms with van der Waals surface area (Å²) >= 11 is 0. The van der Waals surface area contributed by atoms with Gasteiger partial charge in [0.1, 0.15) is 5.82 Å². The molecule has 0 unspecified atom stereocenters. The van der Waals surface area contributed by atoms with Crippen LogP contribution in [0.15, 0.2) is 39.9 Å². The van der Waals surface area contributed by atoms with Crippen LogP contribution < -0.4 is 11.2 Å². The predicted molar refractivity (Wildman–Crippen MR) is 95.6 cm³/mol. The van der Waals surface area contributed by atoms with Gasteiger partial charge in [-0.15, -0.1) is 0 Å². The Morgan fingerprint density at radius 3 is 2.56 bits per heavy atom. The third kappa shape index (κ3) is 2.60. The highest BCUT2D eigenvalue weighted by atomic mass is 16.2. The average Bonchev–Trinajstić information content (AvgIpc) is 3.02. The first-order chi connectivity index (χ1) is 12.1. The van der Waals surface area contributed by atoms with E-state index in [-0.39, 0.29) is 11.2 Å². The van der Waals surface area contributed by atoms with Crippen LogP contribution in [-0.2, 0) is 33.6 Å². The molecule has 25 heavy (non-hydrogen) atoms. The third-order valence-corrected chi connectivity index (χ3v) is 4.99. The second kappa shape index (κ2) is 6.00. The molecule has 7 nitrogen and oxygen atoms in total. The summed E-state index contributed by atoms with van der Waals surface area (Å²) in [7, 11) is 3.18. The van der Waals surface area contributed by atoms with E-state index in [1.54, 1.807) is 7.05 Å². The maximum Gasteiger partial charge on any atom is 0.332 e. The number of nitrogens with zero attached hydrogens (tertiary/aromatic N) is 5. The van der Waals surface area contributed by atoms with Crippen LogP contribution >= 0.6 is 0 Å². The zero-order valence-corrected chi connectivity index (χ0v) is 14.5. The molecule has 0 fully saturated rings. The standard InChI is InChI=1S/C18H21N5O2/c1-20-16-15(17(24)21(2)18(20)25)23-11-10-22(12-14(23)19-16)9-8-13-6-4-3-5-7-13/h3-7H,8-12H2,1-2H3. The number of aromatic nitrogens is 4. The highest BCUT2D eigenvalue weighted by Crippen LogP contribution is 2.17. The summed E-state index contributed by atoms with van der Waals surface area (Å²) in [6, 6.07) is 10.4. The molecule has 2 aromatic heterocycles. The van der Waals surface area contributed by atoms with E-state index in [4.69, 9.17) is 0 Å². The zero-order valence-electron chi connectivity index (χ0n) is 14.5. The minimum atomic E-state index is -0.339. The first-order valence-electron chi connectivity index (χ1n) is 8.47. The van der Waals surface area contributed by atoms with Crippen molar-refractivity contribution < 1.29 is 0 Å². The molecule has 7 heteroatoms. The first kappa shape index (κ1) is 15.8. The van der Waals surface area contributed by atoms with E-state index in [0.29, 0.717) is 24.3 Å². The molecule has 4 rings (SSSR count). The zero-order chi connectivity index (χ0) is 17.6. The lowest BCUT2D eigenvalue weighted by Gasteiger charge is -2.27. The molecule has 1 aliphatic heterocycles. The van der Waals surface area contributed by atoms with Crippen molar-refractivity contribution in [1.82, 2.24) is 23.6 Å². The van der Waals surface area contributed by atoms with Crippen LogP contribution in [0.5, 0.6) is 0 Å². The number of fused-ring (bicyclic) bond motifs is 3. The van der Waals surface area contributed by atoms with Crippen molar-refractivity contribution >= 4 is 11.2 Å². The molecule has 0 N–H and O–H groups in total. The summed E-state index contributed by atoms with van der Waals surface area (Å²) in [5.74, 6) is 0.854. The predicted octanol–water partition coefficient (Wildman–Crippen LogP) is 0.492. The summed E-state index contributed by atoms with van der Waals surface area (Å²) in [5.41, 5.74) is 1.72. The Morgan fingerprint density at radius 2 is 1.80 bits per heavy atom. The molecule has 1 aromatic carbocycles. The van der Waals surface area contributed by atoms with Gasteiger partial charge in [-0.05, 0) is 12.0 Å². The van der Waals surface area contributed by atoms with Crippen LogP contribution in [0.3, 0.4) is 0 Å². The Labute approximate surface area is 144 Å². The van der Waals surface area contributed by atoms with Crippen molar-refractivity contribution in [3.05, 3.63) is 62.6 Å². The Balaban J connectivity index is 1.64. The largest absolute Gasteiger partial charge is 0.332 e. The monoisotopic (exact) mass is 339 g/mol. The molecule has 0 saturated carbocycles. The van der Waals surface area contributed by atoms with Crippen molar-refractivity contribution in [3.63, 3.8) is 0 Å². The molecule has 0 atom stereocenters. The topological polar surface area (TPSA) is 65.1 Å². The fourth-order valence-electron chi connectivity index (χ4n) is 3.50. The Hall–Kier alpha value is -2.67. The maximum absolute atomic E-state index is 12.5. The van der Waals surface area contributed by atoms with E-state index < -0.39 is 0 Å². The number of rotatable bonds is 3. The maximum atomic E-state index is 12.5. The molecule has 0 radical (unpaired) electrons. The highest BCUT2D eigenvalue weighted by Gasteiger charge is 2.24. The average molecular weight is 339 g/mol. The van der Waals surface area contributed by atoms with E-state index >= 15 is 0 Å². The number of imidazole rings is 1. The van der Waals surface area contributed by atoms with Crippen molar-refractivity contribution in [2.45, 2.75) is 19.5 Å². The lowest BCUT2D eigenvalue weighted by atomic mass is 10.1. The van der Waals surface area contributed by atoms with Crippen molar-refractivity contribution in [1.29, 1.82) is 0 Å². The van der Waals surface area contributed by atoms with Crippen LogP contribution in [0, 0.1) is 0 Å². The molecule has 0 saturated heterocycles. The van der Waals surface area contributed by atoms with Crippen LogP contribution in [0.25, 0.3) is 11.2 Å². The molecule has 0 bridgehead atoms. The molecule has 3 heterocycles. The van der Waals surface area contributed by atoms with Crippen molar-refractivity contribution in [3.8, 4) is 0 Å². The van der Waals surface area contributed by atoms with E-state index in [2.05, 4.69) is 34.1 Å². The fraction of sp³-hybridized carbons (Fsp3) is 0.389. The van der Waals surface area contributed by atoms with E-state index in [9.17, 15) is 9.59 Å². The lowest BCUT2D eigenvalue weighted by molar-refractivity contribution is 0.221. The summed E-state index contributed by atoms with van der Waals surface area (Å²) in [6.07, 6.45) is 0.987. The molecule has 1 aliphatic rings. The molecular formula is C18H21N5O2. The lowest BCUT2D eigenvalue weighted by Crippen LogP contribution is -2.39. The molecular weight excluding hydrogens is 318 g/mol. The van der Waals surface area contributed by atoms with Gasteiger partial charge in [0.25, 0.3) is 5.56 Å². The van der Waals surface area contributed by atoms with Crippen LogP contribution in [0.1, 0.15) is 11.4 Å². The molecule has 130 valence electrons. The number of aryl methyl sites for hydroxylation is 1. The molecule has 0 spiro atoms. The van der Waals surface area contributed by atoms with Gasteiger partial charge in [0.05, 0.1) is 6.54 Å².